The minimum Gasteiger partial charge on any atom is -0.357 e. The van der Waals surface area contributed by atoms with Crippen LogP contribution in [-0.2, 0) is 17.8 Å². The van der Waals surface area contributed by atoms with E-state index in [0.29, 0.717) is 6.54 Å². The number of hydrogen-bond acceptors (Lipinski definition) is 1. The van der Waals surface area contributed by atoms with Crippen molar-refractivity contribution in [2.24, 2.45) is 0 Å². The first-order valence-electron chi connectivity index (χ1n) is 5.57. The minimum absolute atomic E-state index is 0.715. The second-order valence-electron chi connectivity index (χ2n) is 4.46. The first kappa shape index (κ1) is 9.46. The van der Waals surface area contributed by atoms with Crippen LogP contribution in [0.4, 0.5) is 0 Å². The second-order valence-corrected chi connectivity index (χ2v) is 4.46. The first-order valence-corrected chi connectivity index (χ1v) is 5.57. The molecule has 1 N–H and O–H groups in total. The second kappa shape index (κ2) is 3.37. The lowest BCUT2D eigenvalue weighted by Gasteiger charge is -2.22. The highest BCUT2D eigenvalue weighted by atomic mass is 16.1. The molecule has 0 atom stereocenters. The number of hydrogen-bond donors (Lipinski definition) is 1. The number of carbonyl (C=O) groups excluding carboxylic acids is 1. The molecule has 0 unspecified atom stereocenters. The van der Waals surface area contributed by atoms with Crippen LogP contribution >= 0.6 is 0 Å². The Kier molecular flexibility index (Phi) is 1.99. The number of carbonyl (C=O) groups is 1. The Morgan fingerprint density at radius 1 is 1.44 bits per heavy atom. The third-order valence-corrected chi connectivity index (χ3v) is 3.31. The molecule has 0 bridgehead atoms. The number of aromatic nitrogens is 1. The van der Waals surface area contributed by atoms with Gasteiger partial charge in [0.1, 0.15) is 0 Å². The molecular weight excluding hydrogens is 200 g/mol. The maximum absolute atomic E-state index is 10.8. The van der Waals surface area contributed by atoms with Crippen LogP contribution in [0, 0.1) is 6.92 Å². The van der Waals surface area contributed by atoms with Gasteiger partial charge in [-0.3, -0.25) is 4.79 Å². The van der Waals surface area contributed by atoms with Gasteiger partial charge >= 0.3 is 0 Å². The summed E-state index contributed by atoms with van der Waals surface area (Å²) in [5.74, 6) is 0. The predicted octanol–water partition coefficient (Wildman–Crippen LogP) is 1.99. The Morgan fingerprint density at radius 3 is 3.12 bits per heavy atom. The van der Waals surface area contributed by atoms with Crippen molar-refractivity contribution in [1.82, 2.24) is 9.88 Å². The van der Waals surface area contributed by atoms with Crippen LogP contribution in [0.2, 0.25) is 0 Å². The topological polar surface area (TPSA) is 36.1 Å². The SMILES string of the molecule is Cc1ccc2[nH]c3c(c2c1)CCN(C=O)C3. The largest absolute Gasteiger partial charge is 0.357 e. The van der Waals surface area contributed by atoms with Crippen molar-refractivity contribution in [3.8, 4) is 0 Å². The molecule has 0 fully saturated rings. The van der Waals surface area contributed by atoms with Crippen LogP contribution in [0.25, 0.3) is 10.9 Å². The van der Waals surface area contributed by atoms with Gasteiger partial charge in [0.2, 0.25) is 6.41 Å². The lowest BCUT2D eigenvalue weighted by molar-refractivity contribution is -0.118. The van der Waals surface area contributed by atoms with Gasteiger partial charge in [0, 0.05) is 23.1 Å². The molecule has 0 radical (unpaired) electrons. The van der Waals surface area contributed by atoms with E-state index in [-0.39, 0.29) is 0 Å². The number of rotatable bonds is 1. The smallest absolute Gasteiger partial charge is 0.210 e. The van der Waals surface area contributed by atoms with Crippen LogP contribution in [0.3, 0.4) is 0 Å². The van der Waals surface area contributed by atoms with E-state index in [9.17, 15) is 4.79 Å². The standard InChI is InChI=1S/C13H14N2O/c1-9-2-3-12-11(6-9)10-4-5-15(8-16)7-13(10)14-12/h2-3,6,8,14H,4-5,7H2,1H3. The van der Waals surface area contributed by atoms with E-state index >= 15 is 0 Å². The van der Waals surface area contributed by atoms with E-state index in [1.807, 2.05) is 4.90 Å². The molecule has 1 aromatic carbocycles. The van der Waals surface area contributed by atoms with E-state index < -0.39 is 0 Å². The lowest BCUT2D eigenvalue weighted by atomic mass is 10.0. The minimum atomic E-state index is 0.715. The van der Waals surface area contributed by atoms with Crippen LogP contribution in [0.5, 0.6) is 0 Å². The lowest BCUT2D eigenvalue weighted by Crippen LogP contribution is -2.28. The molecule has 0 saturated heterocycles. The highest BCUT2D eigenvalue weighted by Crippen LogP contribution is 2.27. The molecule has 3 rings (SSSR count). The van der Waals surface area contributed by atoms with Crippen molar-refractivity contribution in [2.75, 3.05) is 6.54 Å². The van der Waals surface area contributed by atoms with Crippen molar-refractivity contribution in [3.05, 3.63) is 35.0 Å². The Hall–Kier alpha value is -1.77. The molecule has 1 amide bonds. The predicted molar refractivity (Wildman–Crippen MR) is 63.2 cm³/mol. The molecule has 3 nitrogen and oxygen atoms in total. The summed E-state index contributed by atoms with van der Waals surface area (Å²) in [6.45, 7) is 3.66. The zero-order valence-corrected chi connectivity index (χ0v) is 9.29. The molecule has 0 saturated carbocycles. The number of benzene rings is 1. The summed E-state index contributed by atoms with van der Waals surface area (Å²) in [7, 11) is 0. The van der Waals surface area contributed by atoms with Crippen LogP contribution in [0.1, 0.15) is 16.8 Å². The third-order valence-electron chi connectivity index (χ3n) is 3.31. The van der Waals surface area contributed by atoms with Crippen molar-refractivity contribution in [1.29, 1.82) is 0 Å². The fraction of sp³-hybridized carbons (Fsp3) is 0.308. The molecule has 2 aromatic rings. The van der Waals surface area contributed by atoms with Crippen molar-refractivity contribution >= 4 is 17.3 Å². The zero-order chi connectivity index (χ0) is 11.1. The molecule has 1 aliphatic rings. The summed E-state index contributed by atoms with van der Waals surface area (Å²) >= 11 is 0. The number of fused-ring (bicyclic) bond motifs is 3. The Morgan fingerprint density at radius 2 is 2.31 bits per heavy atom. The number of aromatic amines is 1. The Labute approximate surface area is 94.1 Å². The molecular formula is C13H14N2O. The molecule has 3 heteroatoms. The number of amides is 1. The fourth-order valence-corrected chi connectivity index (χ4v) is 2.47. The normalized spacial score (nSPS) is 15.2. The van der Waals surface area contributed by atoms with Crippen molar-refractivity contribution in [2.45, 2.75) is 19.9 Å². The Bertz CT molecular complexity index is 556. The summed E-state index contributed by atoms with van der Waals surface area (Å²) in [6.07, 6.45) is 1.89. The van der Waals surface area contributed by atoms with E-state index in [4.69, 9.17) is 0 Å². The van der Waals surface area contributed by atoms with Gasteiger partial charge in [-0.25, -0.2) is 0 Å². The molecule has 0 spiro atoms. The number of nitrogens with zero attached hydrogens (tertiary/aromatic N) is 1. The summed E-state index contributed by atoms with van der Waals surface area (Å²) in [4.78, 5) is 16.0. The summed E-state index contributed by atoms with van der Waals surface area (Å²) in [5.41, 5.74) is 5.05. The van der Waals surface area contributed by atoms with E-state index in [1.54, 1.807) is 0 Å². The summed E-state index contributed by atoms with van der Waals surface area (Å²) in [5, 5.41) is 1.32. The summed E-state index contributed by atoms with van der Waals surface area (Å²) in [6, 6.07) is 6.46. The molecule has 1 aliphatic heterocycles. The summed E-state index contributed by atoms with van der Waals surface area (Å²) < 4.78 is 0. The van der Waals surface area contributed by atoms with Crippen LogP contribution < -0.4 is 0 Å². The number of H-pyrrole nitrogens is 1. The van der Waals surface area contributed by atoms with Gasteiger partial charge in [-0.15, -0.1) is 0 Å². The monoisotopic (exact) mass is 214 g/mol. The average molecular weight is 214 g/mol. The highest BCUT2D eigenvalue weighted by Gasteiger charge is 2.19. The quantitative estimate of drug-likeness (QED) is 0.724. The molecule has 16 heavy (non-hydrogen) atoms. The van der Waals surface area contributed by atoms with E-state index in [0.717, 1.165) is 19.4 Å². The highest BCUT2D eigenvalue weighted by molar-refractivity contribution is 5.85. The van der Waals surface area contributed by atoms with Gasteiger partial charge in [0.25, 0.3) is 0 Å². The van der Waals surface area contributed by atoms with Gasteiger partial charge in [-0.05, 0) is 31.0 Å². The van der Waals surface area contributed by atoms with Gasteiger partial charge in [-0.2, -0.15) is 0 Å². The van der Waals surface area contributed by atoms with Gasteiger partial charge in [0.15, 0.2) is 0 Å². The van der Waals surface area contributed by atoms with Crippen molar-refractivity contribution < 1.29 is 4.79 Å². The molecule has 0 aliphatic carbocycles. The van der Waals surface area contributed by atoms with Gasteiger partial charge in [0.05, 0.1) is 6.54 Å². The van der Waals surface area contributed by atoms with Gasteiger partial charge < -0.3 is 9.88 Å². The number of nitrogens with one attached hydrogen (secondary N) is 1. The van der Waals surface area contributed by atoms with Crippen LogP contribution in [0.15, 0.2) is 18.2 Å². The molecule has 2 heterocycles. The molecule has 1 aromatic heterocycles. The third kappa shape index (κ3) is 1.32. The maximum Gasteiger partial charge on any atom is 0.210 e. The first-order chi connectivity index (χ1) is 7.78. The Balaban J connectivity index is 2.16. The van der Waals surface area contributed by atoms with Gasteiger partial charge in [-0.1, -0.05) is 11.6 Å². The van der Waals surface area contributed by atoms with Crippen LogP contribution in [-0.4, -0.2) is 22.8 Å². The van der Waals surface area contributed by atoms with Crippen molar-refractivity contribution in [3.63, 3.8) is 0 Å². The van der Waals surface area contributed by atoms with E-state index in [1.165, 1.54) is 27.7 Å². The average Bonchev–Trinajstić information content (AvgIpc) is 2.66. The maximum atomic E-state index is 10.8. The fourth-order valence-electron chi connectivity index (χ4n) is 2.47. The molecule has 82 valence electrons. The number of aryl methyl sites for hydroxylation is 1. The van der Waals surface area contributed by atoms with E-state index in [2.05, 4.69) is 30.1 Å². The zero-order valence-electron chi connectivity index (χ0n) is 9.29.